The van der Waals surface area contributed by atoms with Gasteiger partial charge in [0.25, 0.3) is 0 Å². The molecule has 12 aromatic rings. The van der Waals surface area contributed by atoms with Crippen LogP contribution in [0.25, 0.3) is 73.4 Å². The number of fused-ring (bicyclic) bond motifs is 14. The van der Waals surface area contributed by atoms with E-state index < -0.39 is 0 Å². The Kier molecular flexibility index (Phi) is 10.2. The second kappa shape index (κ2) is 16.5. The number of benzene rings is 10. The summed E-state index contributed by atoms with van der Waals surface area (Å²) in [6.45, 7) is 23.6. The number of rotatable bonds is 6. The zero-order valence-electron chi connectivity index (χ0n) is 45.2. The predicted octanol–water partition coefficient (Wildman–Crippen LogP) is 21.7. The molecule has 4 heteroatoms. The summed E-state index contributed by atoms with van der Waals surface area (Å²) in [7, 11) is 0. The van der Waals surface area contributed by atoms with E-state index in [9.17, 15) is 0 Å². The van der Waals surface area contributed by atoms with Gasteiger partial charge in [-0.25, -0.2) is 0 Å². The van der Waals surface area contributed by atoms with E-state index in [0.29, 0.717) is 0 Å². The summed E-state index contributed by atoms with van der Waals surface area (Å²) in [5, 5.41) is 7.77. The maximum absolute atomic E-state index is 2.59. The minimum absolute atomic E-state index is 0.0387. The molecule has 0 fully saturated rings. The van der Waals surface area contributed by atoms with Gasteiger partial charge in [0.05, 0.1) is 26.5 Å². The number of thiophene rings is 2. The van der Waals surface area contributed by atoms with Crippen LogP contribution in [0.5, 0.6) is 0 Å². The topological polar surface area (TPSA) is 6.48 Å². The van der Waals surface area contributed by atoms with Crippen LogP contribution >= 0.6 is 22.7 Å². The molecule has 2 heterocycles. The van der Waals surface area contributed by atoms with E-state index in [2.05, 4.69) is 273 Å². The van der Waals surface area contributed by atoms with Crippen molar-refractivity contribution < 1.29 is 0 Å². The van der Waals surface area contributed by atoms with Gasteiger partial charge < -0.3 is 9.80 Å². The standard InChI is InChI=1S/C72H62N2S2/c1-69(2,3)43-29-33-45(34-30-43)73(61-25-17-23-53-50-20-13-15-27-64(50)75-67(53)61)47-37-38-48-55-40-59-56(41-58(55)71(7,8)57(48)39-47)66-52-22-12-11-19-49(52)63(42-60(66)72(59,9)10)74(46-35-31-44(32-36-46)70(4,5)6)62-26-18-24-54-51-21-14-16-28-65(51)76-68(54)62/h11-42H,1-10H3. The quantitative estimate of drug-likeness (QED) is 0.164. The van der Waals surface area contributed by atoms with Crippen LogP contribution in [-0.4, -0.2) is 0 Å². The summed E-state index contributed by atoms with van der Waals surface area (Å²) in [6.07, 6.45) is 0. The van der Waals surface area contributed by atoms with E-state index in [1.165, 1.54) is 130 Å². The molecule has 0 atom stereocenters. The third-order valence-corrected chi connectivity index (χ3v) is 19.6. The summed E-state index contributed by atoms with van der Waals surface area (Å²) >= 11 is 3.79. The average molecular weight is 1020 g/mol. The lowest BCUT2D eigenvalue weighted by molar-refractivity contribution is 0.590. The largest absolute Gasteiger partial charge is 0.309 e. The predicted molar refractivity (Wildman–Crippen MR) is 332 cm³/mol. The van der Waals surface area contributed by atoms with Crippen molar-refractivity contribution in [2.75, 3.05) is 9.80 Å². The molecule has 0 spiro atoms. The maximum atomic E-state index is 2.59. The normalized spacial score (nSPS) is 14.4. The van der Waals surface area contributed by atoms with Gasteiger partial charge in [-0.2, -0.15) is 0 Å². The Morgan fingerprint density at radius 3 is 1.33 bits per heavy atom. The first kappa shape index (κ1) is 47.0. The summed E-state index contributed by atoms with van der Waals surface area (Å²) in [4.78, 5) is 5.07. The lowest BCUT2D eigenvalue weighted by Gasteiger charge is -2.30. The van der Waals surface area contributed by atoms with Crippen LogP contribution in [0.15, 0.2) is 194 Å². The lowest BCUT2D eigenvalue weighted by Crippen LogP contribution is -2.18. The van der Waals surface area contributed by atoms with Crippen LogP contribution in [0.2, 0.25) is 0 Å². The first-order chi connectivity index (χ1) is 36.5. The second-order valence-corrected chi connectivity index (χ2v) is 26.7. The lowest BCUT2D eigenvalue weighted by atomic mass is 9.79. The Hall–Kier alpha value is -7.50. The van der Waals surface area contributed by atoms with Crippen molar-refractivity contribution in [2.24, 2.45) is 0 Å². The Morgan fingerprint density at radius 2 is 0.763 bits per heavy atom. The molecule has 0 amide bonds. The molecule has 76 heavy (non-hydrogen) atoms. The Labute approximate surface area is 455 Å². The molecule has 0 unspecified atom stereocenters. The maximum Gasteiger partial charge on any atom is 0.0640 e. The number of nitrogens with zero attached hydrogens (tertiary/aromatic N) is 2. The minimum Gasteiger partial charge on any atom is -0.309 e. The zero-order chi connectivity index (χ0) is 52.2. The summed E-state index contributed by atoms with van der Waals surface area (Å²) < 4.78 is 5.23. The number of anilines is 6. The SMILES string of the molecule is CC(C)(C)c1ccc(N(c2ccc3c(c2)C(C)(C)c2cc4c(cc2-3)C(C)(C)c2cc(N(c3ccc(C(C)(C)C)cc3)c3cccc5c3sc3ccccc35)c3ccccc3c2-4)c2cccc3c2sc2ccccc23)cc1. The highest BCUT2D eigenvalue weighted by atomic mass is 32.1. The molecular weight excluding hydrogens is 957 g/mol. The fourth-order valence-corrected chi connectivity index (χ4v) is 15.4. The van der Waals surface area contributed by atoms with Crippen LogP contribution < -0.4 is 9.80 Å². The minimum atomic E-state index is -0.282. The van der Waals surface area contributed by atoms with Crippen LogP contribution in [0.1, 0.15) is 103 Å². The van der Waals surface area contributed by atoms with Gasteiger partial charge in [0.2, 0.25) is 0 Å². The average Bonchev–Trinajstić information content (AvgIpc) is 4.30. The van der Waals surface area contributed by atoms with Gasteiger partial charge in [0.1, 0.15) is 0 Å². The van der Waals surface area contributed by atoms with Gasteiger partial charge >= 0.3 is 0 Å². The highest BCUT2D eigenvalue weighted by molar-refractivity contribution is 7.26. The number of hydrogen-bond acceptors (Lipinski definition) is 4. The monoisotopic (exact) mass is 1020 g/mol. The molecule has 0 saturated heterocycles. The van der Waals surface area contributed by atoms with Crippen LogP contribution in [0.4, 0.5) is 34.1 Å². The van der Waals surface area contributed by atoms with Gasteiger partial charge in [0, 0.05) is 64.2 Å². The van der Waals surface area contributed by atoms with Crippen molar-refractivity contribution in [1.82, 2.24) is 0 Å². The van der Waals surface area contributed by atoms with Crippen LogP contribution in [0.3, 0.4) is 0 Å². The van der Waals surface area contributed by atoms with Gasteiger partial charge in [-0.1, -0.05) is 184 Å². The molecule has 372 valence electrons. The van der Waals surface area contributed by atoms with Gasteiger partial charge in [-0.3, -0.25) is 0 Å². The third-order valence-electron chi connectivity index (χ3n) is 17.2. The molecule has 2 nitrogen and oxygen atoms in total. The zero-order valence-corrected chi connectivity index (χ0v) is 46.8. The fourth-order valence-electron chi connectivity index (χ4n) is 13.0. The summed E-state index contributed by atoms with van der Waals surface area (Å²) in [5.74, 6) is 0. The molecular formula is C72H62N2S2. The van der Waals surface area contributed by atoms with E-state index in [0.717, 1.165) is 11.4 Å². The molecule has 2 aromatic heterocycles. The molecule has 2 aliphatic carbocycles. The summed E-state index contributed by atoms with van der Waals surface area (Å²) in [5.41, 5.74) is 20.2. The van der Waals surface area contributed by atoms with Gasteiger partial charge in [0.15, 0.2) is 0 Å². The van der Waals surface area contributed by atoms with Gasteiger partial charge in [-0.15, -0.1) is 22.7 Å². The summed E-state index contributed by atoms with van der Waals surface area (Å²) in [6, 6.07) is 74.3. The van der Waals surface area contributed by atoms with Crippen molar-refractivity contribution in [1.29, 1.82) is 0 Å². The van der Waals surface area contributed by atoms with E-state index in [1.54, 1.807) is 0 Å². The molecule has 10 aromatic carbocycles. The Morgan fingerprint density at radius 1 is 0.329 bits per heavy atom. The van der Waals surface area contributed by atoms with Crippen molar-refractivity contribution in [3.05, 3.63) is 228 Å². The van der Waals surface area contributed by atoms with E-state index >= 15 is 0 Å². The van der Waals surface area contributed by atoms with E-state index in [-0.39, 0.29) is 21.7 Å². The molecule has 2 aliphatic rings. The molecule has 0 bridgehead atoms. The van der Waals surface area contributed by atoms with E-state index in [4.69, 9.17) is 0 Å². The van der Waals surface area contributed by atoms with Crippen molar-refractivity contribution >= 4 is 108 Å². The fraction of sp³-hybridized carbons (Fsp3) is 0.194. The van der Waals surface area contributed by atoms with Crippen molar-refractivity contribution in [2.45, 2.75) is 90.9 Å². The van der Waals surface area contributed by atoms with Crippen molar-refractivity contribution in [3.63, 3.8) is 0 Å². The third kappa shape index (κ3) is 6.96. The van der Waals surface area contributed by atoms with Crippen LogP contribution in [0, 0.1) is 0 Å². The first-order valence-electron chi connectivity index (χ1n) is 27.0. The Balaban J connectivity index is 0.932. The number of hydrogen-bond donors (Lipinski definition) is 0. The molecule has 0 saturated carbocycles. The van der Waals surface area contributed by atoms with Crippen LogP contribution in [-0.2, 0) is 21.7 Å². The highest BCUT2D eigenvalue weighted by Crippen LogP contribution is 2.60. The molecule has 14 rings (SSSR count). The van der Waals surface area contributed by atoms with Gasteiger partial charge in [-0.05, 0) is 151 Å². The Bertz CT molecular complexity index is 4360. The van der Waals surface area contributed by atoms with Crippen molar-refractivity contribution in [3.8, 4) is 22.3 Å². The first-order valence-corrected chi connectivity index (χ1v) is 28.6. The molecule has 0 radical (unpaired) electrons. The molecule has 0 N–H and O–H groups in total. The second-order valence-electron chi connectivity index (χ2n) is 24.6. The smallest absolute Gasteiger partial charge is 0.0640 e. The highest BCUT2D eigenvalue weighted by Gasteiger charge is 2.43. The molecule has 0 aliphatic heterocycles. The van der Waals surface area contributed by atoms with E-state index in [1.807, 2.05) is 22.7 Å².